The summed E-state index contributed by atoms with van der Waals surface area (Å²) in [5, 5.41) is 30.1. The summed E-state index contributed by atoms with van der Waals surface area (Å²) >= 11 is 0. The molecule has 0 heterocycles. The smallest absolute Gasteiger partial charge is 0.237 e. The van der Waals surface area contributed by atoms with E-state index >= 15 is 0 Å². The molecule has 0 unspecified atom stereocenters. The van der Waals surface area contributed by atoms with Crippen molar-refractivity contribution in [3.63, 3.8) is 0 Å². The number of benzene rings is 3. The first-order chi connectivity index (χ1) is 20.3. The van der Waals surface area contributed by atoms with E-state index in [2.05, 4.69) is 20.6 Å². The van der Waals surface area contributed by atoms with Crippen LogP contribution in [-0.4, -0.2) is 0 Å². The van der Waals surface area contributed by atoms with Gasteiger partial charge in [0.15, 0.2) is 0 Å². The molecule has 3 aromatic rings. The van der Waals surface area contributed by atoms with Gasteiger partial charge in [-0.25, -0.2) is 33.8 Å². The third-order valence-corrected chi connectivity index (χ3v) is 7.13. The largest absolute Gasteiger partial charge is 0.270 e. The first kappa shape index (κ1) is 27.0. The number of nitrogens with zero attached hydrogens (tertiary/aromatic N) is 6. The Morgan fingerprint density at radius 2 is 1.21 bits per heavy atom. The van der Waals surface area contributed by atoms with Gasteiger partial charge in [-0.05, 0) is 63.1 Å². The number of hydrogen-bond donors (Lipinski definition) is 0. The highest BCUT2D eigenvalue weighted by atomic mass is 19.3. The van der Waals surface area contributed by atoms with Crippen LogP contribution in [0.25, 0.3) is 48.1 Å². The van der Waals surface area contributed by atoms with Crippen molar-refractivity contribution in [3.05, 3.63) is 151 Å². The molecule has 3 aromatic carbocycles. The Morgan fingerprint density at radius 3 is 1.71 bits per heavy atom. The monoisotopic (exact) mass is 544 g/mol. The Bertz CT molecular complexity index is 2070. The van der Waals surface area contributed by atoms with Crippen LogP contribution in [0.1, 0.15) is 50.9 Å². The highest BCUT2D eigenvalue weighted by Gasteiger charge is 2.36. The highest BCUT2D eigenvalue weighted by molar-refractivity contribution is 6.29. The van der Waals surface area contributed by atoms with Gasteiger partial charge < -0.3 is 0 Å². The fraction of sp³-hybridized carbons (Fsp3) is 0.0588. The minimum Gasteiger partial charge on any atom is -0.237 e. The Labute approximate surface area is 240 Å². The molecule has 0 fully saturated rings. The fourth-order valence-electron chi connectivity index (χ4n) is 5.28. The Balaban J connectivity index is 1.90. The first-order valence-electron chi connectivity index (χ1n) is 12.3. The second-order valence-corrected chi connectivity index (χ2v) is 9.32. The number of halogens is 2. The molecule has 6 nitrogen and oxygen atoms in total. The van der Waals surface area contributed by atoms with Crippen molar-refractivity contribution in [1.29, 1.82) is 15.8 Å². The lowest BCUT2D eigenvalue weighted by Crippen LogP contribution is -1.95. The van der Waals surface area contributed by atoms with Crippen LogP contribution in [0.2, 0.25) is 0 Å². The molecular formula is C34H14F2N6. The number of aryl methyl sites for hydroxylation is 1. The lowest BCUT2D eigenvalue weighted by Gasteiger charge is -2.13. The van der Waals surface area contributed by atoms with Crippen molar-refractivity contribution in [1.82, 2.24) is 0 Å². The van der Waals surface area contributed by atoms with Crippen LogP contribution >= 0.6 is 0 Å². The second kappa shape index (κ2) is 10.5. The number of rotatable bonds is 3. The first-order valence-corrected chi connectivity index (χ1v) is 12.3. The quantitative estimate of drug-likeness (QED) is 0.245. The molecule has 0 aliphatic heterocycles. The molecule has 8 heteroatoms. The Hall–Kier alpha value is -6.58. The van der Waals surface area contributed by atoms with E-state index in [9.17, 15) is 24.6 Å². The van der Waals surface area contributed by atoms with E-state index < -0.39 is 6.43 Å². The van der Waals surface area contributed by atoms with Crippen LogP contribution in [0.15, 0.2) is 72.1 Å². The van der Waals surface area contributed by atoms with E-state index in [1.807, 2.05) is 31.2 Å². The van der Waals surface area contributed by atoms with E-state index in [1.54, 1.807) is 24.3 Å². The summed E-state index contributed by atoms with van der Waals surface area (Å²) in [6, 6.07) is 21.7. The summed E-state index contributed by atoms with van der Waals surface area (Å²) in [7, 11) is 0. The lowest BCUT2D eigenvalue weighted by molar-refractivity contribution is 0.151. The van der Waals surface area contributed by atoms with Gasteiger partial charge in [-0.3, -0.25) is 0 Å². The molecule has 0 radical (unpaired) electrons. The van der Waals surface area contributed by atoms with Crippen molar-refractivity contribution in [2.45, 2.75) is 13.3 Å². The predicted molar refractivity (Wildman–Crippen MR) is 153 cm³/mol. The van der Waals surface area contributed by atoms with Gasteiger partial charge in [-0.1, -0.05) is 60.2 Å². The van der Waals surface area contributed by atoms with Crippen LogP contribution in [-0.2, 0) is 0 Å². The SMILES string of the molecule is [C-]#[N+]C1=C(c2ccc(C)cc2)/C(=C(/C#N)[N+]#[C-])c2cc3c(cc21)C(C#N)=C(c1ccc(C(F)F)cc1)/C3=C(\C#N)[N+]#[C-]. The van der Waals surface area contributed by atoms with Crippen molar-refractivity contribution < 1.29 is 8.78 Å². The molecule has 0 bridgehead atoms. The van der Waals surface area contributed by atoms with Crippen LogP contribution in [0.3, 0.4) is 0 Å². The molecule has 5 rings (SSSR count). The summed E-state index contributed by atoms with van der Waals surface area (Å²) in [5.74, 6) is 0. The summed E-state index contributed by atoms with van der Waals surface area (Å²) in [5.41, 5.74) is 3.94. The van der Waals surface area contributed by atoms with Crippen LogP contribution in [0, 0.1) is 60.6 Å². The fourth-order valence-corrected chi connectivity index (χ4v) is 5.28. The molecule has 2 aliphatic carbocycles. The van der Waals surface area contributed by atoms with Gasteiger partial charge in [0.2, 0.25) is 5.70 Å². The van der Waals surface area contributed by atoms with E-state index in [4.69, 9.17) is 19.7 Å². The van der Waals surface area contributed by atoms with Gasteiger partial charge in [0.1, 0.15) is 6.07 Å². The van der Waals surface area contributed by atoms with E-state index in [1.165, 1.54) is 24.3 Å². The number of fused-ring (bicyclic) bond motifs is 2. The molecule has 0 spiro atoms. The number of allylic oxidation sites excluding steroid dienone is 7. The standard InChI is InChI=1S/C34H14F2N6/c1-18-5-7-20(8-6-18)30-32(28(17-39)41-3)24-14-23-22(13-25(24)33(30)42-4)26(15-37)29(31(23)27(16-38)40-2)19-9-11-21(12-10-19)34(35)36/h5-14,34H,1H3/b31-27+,32-28-. The zero-order valence-corrected chi connectivity index (χ0v) is 21.8. The molecule has 0 N–H and O–H groups in total. The Kier molecular flexibility index (Phi) is 6.77. The third-order valence-electron chi connectivity index (χ3n) is 7.13. The van der Waals surface area contributed by atoms with E-state index in [0.29, 0.717) is 39.0 Å². The predicted octanol–water partition coefficient (Wildman–Crippen LogP) is 8.49. The Morgan fingerprint density at radius 1 is 0.714 bits per heavy atom. The molecule has 0 aromatic heterocycles. The minimum atomic E-state index is -2.70. The maximum absolute atomic E-state index is 13.3. The van der Waals surface area contributed by atoms with Gasteiger partial charge >= 0.3 is 0 Å². The molecule has 2 aliphatic rings. The van der Waals surface area contributed by atoms with Crippen molar-refractivity contribution in [2.24, 2.45) is 0 Å². The lowest BCUT2D eigenvalue weighted by atomic mass is 9.91. The molecule has 0 saturated heterocycles. The van der Waals surface area contributed by atoms with Crippen LogP contribution in [0.5, 0.6) is 0 Å². The van der Waals surface area contributed by atoms with Gasteiger partial charge in [0, 0.05) is 11.1 Å². The van der Waals surface area contributed by atoms with Gasteiger partial charge in [-0.2, -0.15) is 5.26 Å². The second-order valence-electron chi connectivity index (χ2n) is 9.32. The minimum absolute atomic E-state index is 0.105. The summed E-state index contributed by atoms with van der Waals surface area (Å²) in [6.07, 6.45) is -2.70. The van der Waals surface area contributed by atoms with Crippen molar-refractivity contribution >= 4 is 33.6 Å². The summed E-state index contributed by atoms with van der Waals surface area (Å²) in [4.78, 5) is 10.6. The maximum atomic E-state index is 13.3. The third kappa shape index (κ3) is 4.02. The average Bonchev–Trinajstić information content (AvgIpc) is 3.50. The molecule has 0 saturated carbocycles. The van der Waals surface area contributed by atoms with Crippen molar-refractivity contribution in [3.8, 4) is 18.2 Å². The van der Waals surface area contributed by atoms with E-state index in [0.717, 1.165) is 5.56 Å². The summed E-state index contributed by atoms with van der Waals surface area (Å²) in [6.45, 7) is 25.3. The number of hydrogen-bond acceptors (Lipinski definition) is 3. The summed E-state index contributed by atoms with van der Waals surface area (Å²) < 4.78 is 26.5. The van der Waals surface area contributed by atoms with Gasteiger partial charge in [0.25, 0.3) is 17.8 Å². The van der Waals surface area contributed by atoms with Gasteiger partial charge in [-0.15, -0.1) is 0 Å². The van der Waals surface area contributed by atoms with E-state index in [-0.39, 0.29) is 44.9 Å². The molecular weight excluding hydrogens is 530 g/mol. The van der Waals surface area contributed by atoms with Crippen LogP contribution < -0.4 is 0 Å². The number of nitriles is 3. The highest BCUT2D eigenvalue weighted by Crippen LogP contribution is 2.55. The molecule has 0 atom stereocenters. The topological polar surface area (TPSA) is 84.5 Å². The maximum Gasteiger partial charge on any atom is 0.270 e. The van der Waals surface area contributed by atoms with Crippen LogP contribution in [0.4, 0.5) is 8.78 Å². The number of alkyl halides is 2. The van der Waals surface area contributed by atoms with Crippen molar-refractivity contribution in [2.75, 3.05) is 0 Å². The molecule has 0 amide bonds. The zero-order chi connectivity index (χ0) is 30.1. The molecule has 42 heavy (non-hydrogen) atoms. The van der Waals surface area contributed by atoms with Gasteiger partial charge in [0.05, 0.1) is 37.4 Å². The normalized spacial score (nSPS) is 15.5. The zero-order valence-electron chi connectivity index (χ0n) is 21.8. The molecule has 194 valence electrons. The average molecular weight is 545 g/mol.